The fourth-order valence-electron chi connectivity index (χ4n) is 2.70. The molecule has 3 aromatic carbocycles. The molecule has 0 aromatic heterocycles. The van der Waals surface area contributed by atoms with Crippen LogP contribution < -0.4 is 4.72 Å². The fourth-order valence-corrected chi connectivity index (χ4v) is 3.99. The average molecular weight is 341 g/mol. The van der Waals surface area contributed by atoms with Gasteiger partial charge in [-0.15, -0.1) is 0 Å². The standard InChI is InChI=1S/C19H19NO3S/c21-13-12-19(16-7-2-1-3-8-16)20-24(22,23)18-11-10-15-6-4-5-9-17(15)14-18/h1-11,14,19-21H,12-13H2/t19-/m1/s1. The van der Waals surface area contributed by atoms with Crippen molar-refractivity contribution in [1.82, 2.24) is 4.72 Å². The molecule has 0 fully saturated rings. The number of hydrogen-bond acceptors (Lipinski definition) is 3. The second-order valence-electron chi connectivity index (χ2n) is 5.61. The molecule has 0 unspecified atom stereocenters. The summed E-state index contributed by atoms with van der Waals surface area (Å²) in [6.07, 6.45) is 0.316. The van der Waals surface area contributed by atoms with Gasteiger partial charge in [0.15, 0.2) is 0 Å². The zero-order valence-electron chi connectivity index (χ0n) is 13.1. The molecule has 0 aliphatic carbocycles. The summed E-state index contributed by atoms with van der Waals surface area (Å²) in [7, 11) is -3.68. The number of hydrogen-bond donors (Lipinski definition) is 2. The Morgan fingerprint density at radius 1 is 0.875 bits per heavy atom. The number of rotatable bonds is 6. The molecular formula is C19H19NO3S. The van der Waals surface area contributed by atoms with Gasteiger partial charge >= 0.3 is 0 Å². The van der Waals surface area contributed by atoms with Gasteiger partial charge in [0.25, 0.3) is 0 Å². The van der Waals surface area contributed by atoms with Gasteiger partial charge in [-0.2, -0.15) is 0 Å². The molecule has 1 atom stereocenters. The van der Waals surface area contributed by atoms with Crippen LogP contribution in [-0.4, -0.2) is 20.1 Å². The Balaban J connectivity index is 1.93. The summed E-state index contributed by atoms with van der Waals surface area (Å²) in [5.41, 5.74) is 0.830. The Morgan fingerprint density at radius 3 is 2.25 bits per heavy atom. The third-order valence-corrected chi connectivity index (χ3v) is 5.42. The highest BCUT2D eigenvalue weighted by Gasteiger charge is 2.21. The molecule has 0 saturated carbocycles. The monoisotopic (exact) mass is 341 g/mol. The SMILES string of the molecule is O=S(=O)(N[C@H](CCO)c1ccccc1)c1ccc2ccccc2c1. The van der Waals surface area contributed by atoms with Crippen LogP contribution in [0, 0.1) is 0 Å². The third kappa shape index (κ3) is 3.64. The summed E-state index contributed by atoms with van der Waals surface area (Å²) in [4.78, 5) is 0.222. The maximum atomic E-state index is 12.7. The molecule has 0 bridgehead atoms. The van der Waals surface area contributed by atoms with E-state index >= 15 is 0 Å². The first-order valence-corrected chi connectivity index (χ1v) is 9.25. The minimum atomic E-state index is -3.68. The number of nitrogens with one attached hydrogen (secondary N) is 1. The highest BCUT2D eigenvalue weighted by molar-refractivity contribution is 7.89. The van der Waals surface area contributed by atoms with E-state index < -0.39 is 16.1 Å². The fraction of sp³-hybridized carbons (Fsp3) is 0.158. The van der Waals surface area contributed by atoms with Gasteiger partial charge < -0.3 is 5.11 Å². The summed E-state index contributed by atoms with van der Waals surface area (Å²) >= 11 is 0. The van der Waals surface area contributed by atoms with Crippen LogP contribution in [0.25, 0.3) is 10.8 Å². The Morgan fingerprint density at radius 2 is 1.54 bits per heavy atom. The predicted molar refractivity (Wildman–Crippen MR) is 95.2 cm³/mol. The first-order chi connectivity index (χ1) is 11.6. The van der Waals surface area contributed by atoms with E-state index in [2.05, 4.69) is 4.72 Å². The van der Waals surface area contributed by atoms with Gasteiger partial charge in [-0.1, -0.05) is 60.7 Å². The lowest BCUT2D eigenvalue weighted by Gasteiger charge is -2.18. The normalized spacial score (nSPS) is 13.0. The van der Waals surface area contributed by atoms with E-state index in [0.29, 0.717) is 6.42 Å². The van der Waals surface area contributed by atoms with E-state index in [-0.39, 0.29) is 11.5 Å². The molecule has 5 heteroatoms. The number of benzene rings is 3. The first kappa shape index (κ1) is 16.6. The maximum absolute atomic E-state index is 12.7. The van der Waals surface area contributed by atoms with Crippen LogP contribution >= 0.6 is 0 Å². The van der Waals surface area contributed by atoms with Crippen molar-refractivity contribution in [1.29, 1.82) is 0 Å². The lowest BCUT2D eigenvalue weighted by atomic mass is 10.1. The summed E-state index contributed by atoms with van der Waals surface area (Å²) in [5, 5.41) is 11.1. The summed E-state index contributed by atoms with van der Waals surface area (Å²) in [5.74, 6) is 0. The molecule has 0 radical (unpaired) electrons. The van der Waals surface area contributed by atoms with Crippen molar-refractivity contribution in [2.24, 2.45) is 0 Å². The molecule has 124 valence electrons. The molecule has 0 spiro atoms. The molecule has 3 aromatic rings. The molecule has 24 heavy (non-hydrogen) atoms. The Kier molecular flexibility index (Phi) is 4.94. The second kappa shape index (κ2) is 7.13. The van der Waals surface area contributed by atoms with Gasteiger partial charge in [0.05, 0.1) is 4.90 Å². The second-order valence-corrected chi connectivity index (χ2v) is 7.32. The smallest absolute Gasteiger partial charge is 0.241 e. The van der Waals surface area contributed by atoms with Gasteiger partial charge in [-0.05, 0) is 34.9 Å². The summed E-state index contributed by atoms with van der Waals surface area (Å²) < 4.78 is 28.2. The van der Waals surface area contributed by atoms with Crippen molar-refractivity contribution >= 4 is 20.8 Å². The van der Waals surface area contributed by atoms with Crippen LogP contribution in [0.1, 0.15) is 18.0 Å². The molecule has 4 nitrogen and oxygen atoms in total. The van der Waals surface area contributed by atoms with E-state index in [1.54, 1.807) is 18.2 Å². The molecule has 0 saturated heterocycles. The lowest BCUT2D eigenvalue weighted by Crippen LogP contribution is -2.29. The first-order valence-electron chi connectivity index (χ1n) is 7.77. The maximum Gasteiger partial charge on any atom is 0.241 e. The lowest BCUT2D eigenvalue weighted by molar-refractivity contribution is 0.272. The van der Waals surface area contributed by atoms with Gasteiger partial charge in [0.2, 0.25) is 10.0 Å². The van der Waals surface area contributed by atoms with Gasteiger partial charge in [0.1, 0.15) is 0 Å². The van der Waals surface area contributed by atoms with Gasteiger partial charge in [-0.3, -0.25) is 0 Å². The van der Waals surface area contributed by atoms with Crippen LogP contribution in [0.15, 0.2) is 77.7 Å². The van der Waals surface area contributed by atoms with Crippen LogP contribution in [0.5, 0.6) is 0 Å². The molecule has 0 amide bonds. The molecular weight excluding hydrogens is 322 g/mol. The Hall–Kier alpha value is -2.21. The van der Waals surface area contributed by atoms with E-state index in [1.807, 2.05) is 54.6 Å². The molecule has 0 heterocycles. The number of aliphatic hydroxyl groups is 1. The summed E-state index contributed by atoms with van der Waals surface area (Å²) in [6.45, 7) is -0.0974. The zero-order chi connectivity index (χ0) is 17.0. The Labute approximate surface area is 141 Å². The quantitative estimate of drug-likeness (QED) is 0.723. The highest BCUT2D eigenvalue weighted by Crippen LogP contribution is 2.23. The van der Waals surface area contributed by atoms with E-state index in [1.165, 1.54) is 0 Å². The average Bonchev–Trinajstić information content (AvgIpc) is 2.61. The van der Waals surface area contributed by atoms with Crippen molar-refractivity contribution in [3.8, 4) is 0 Å². The van der Waals surface area contributed by atoms with Crippen molar-refractivity contribution in [2.75, 3.05) is 6.61 Å². The van der Waals surface area contributed by atoms with E-state index in [0.717, 1.165) is 16.3 Å². The molecule has 2 N–H and O–H groups in total. The minimum Gasteiger partial charge on any atom is -0.396 e. The minimum absolute atomic E-state index is 0.0974. The van der Waals surface area contributed by atoms with Gasteiger partial charge in [-0.25, -0.2) is 13.1 Å². The van der Waals surface area contributed by atoms with Crippen molar-refractivity contribution in [2.45, 2.75) is 17.4 Å². The number of aliphatic hydroxyl groups excluding tert-OH is 1. The third-order valence-electron chi connectivity index (χ3n) is 3.95. The summed E-state index contributed by atoms with van der Waals surface area (Å²) in [6, 6.07) is 21.5. The van der Waals surface area contributed by atoms with E-state index in [9.17, 15) is 13.5 Å². The predicted octanol–water partition coefficient (Wildman–Crippen LogP) is 3.24. The molecule has 0 aliphatic rings. The topological polar surface area (TPSA) is 66.4 Å². The highest BCUT2D eigenvalue weighted by atomic mass is 32.2. The Bertz CT molecular complexity index is 924. The molecule has 0 aliphatic heterocycles. The van der Waals surface area contributed by atoms with Crippen molar-refractivity contribution in [3.05, 3.63) is 78.4 Å². The van der Waals surface area contributed by atoms with Crippen LogP contribution in [-0.2, 0) is 10.0 Å². The van der Waals surface area contributed by atoms with Gasteiger partial charge in [0, 0.05) is 12.6 Å². The van der Waals surface area contributed by atoms with Crippen molar-refractivity contribution < 1.29 is 13.5 Å². The molecule has 3 rings (SSSR count). The number of fused-ring (bicyclic) bond motifs is 1. The van der Waals surface area contributed by atoms with Crippen LogP contribution in [0.4, 0.5) is 0 Å². The largest absolute Gasteiger partial charge is 0.396 e. The van der Waals surface area contributed by atoms with E-state index in [4.69, 9.17) is 0 Å². The van der Waals surface area contributed by atoms with Crippen molar-refractivity contribution in [3.63, 3.8) is 0 Å². The van der Waals surface area contributed by atoms with Crippen LogP contribution in [0.2, 0.25) is 0 Å². The van der Waals surface area contributed by atoms with Crippen LogP contribution in [0.3, 0.4) is 0 Å². The zero-order valence-corrected chi connectivity index (χ0v) is 13.9. The number of sulfonamides is 1.